The second kappa shape index (κ2) is 4.80. The lowest BCUT2D eigenvalue weighted by atomic mass is 10.1. The van der Waals surface area contributed by atoms with E-state index in [2.05, 4.69) is 22.5 Å². The lowest BCUT2D eigenvalue weighted by Crippen LogP contribution is -2.00. The Kier molecular flexibility index (Phi) is 3.16. The molecule has 3 aromatic rings. The molecule has 0 aliphatic heterocycles. The first-order valence-corrected chi connectivity index (χ1v) is 7.55. The van der Waals surface area contributed by atoms with Gasteiger partial charge in [0.15, 0.2) is 0 Å². The average molecular weight is 275 g/mol. The van der Waals surface area contributed by atoms with Crippen LogP contribution in [0.1, 0.15) is 22.4 Å². The van der Waals surface area contributed by atoms with E-state index in [1.54, 1.807) is 22.7 Å². The molecule has 3 rings (SSSR count). The second-order valence-electron chi connectivity index (χ2n) is 4.29. The molecular weight excluding hydrogens is 262 g/mol. The number of thiophene rings is 1. The summed E-state index contributed by atoms with van der Waals surface area (Å²) >= 11 is 3.29. The van der Waals surface area contributed by atoms with Crippen LogP contribution in [0.15, 0.2) is 35.0 Å². The molecule has 0 spiro atoms. The van der Waals surface area contributed by atoms with E-state index in [-0.39, 0.29) is 0 Å². The van der Waals surface area contributed by atoms with Crippen LogP contribution in [0.3, 0.4) is 0 Å². The van der Waals surface area contributed by atoms with Crippen LogP contribution in [0.5, 0.6) is 0 Å². The van der Waals surface area contributed by atoms with Gasteiger partial charge in [-0.15, -0.1) is 22.7 Å². The van der Waals surface area contributed by atoms with E-state index in [0.717, 1.165) is 21.7 Å². The SMILES string of the molecule is Cc1csc(CC(O)c2csc3ccccc23)n1. The van der Waals surface area contributed by atoms with Gasteiger partial charge in [-0.1, -0.05) is 18.2 Å². The molecule has 0 saturated carbocycles. The molecule has 1 atom stereocenters. The normalized spacial score (nSPS) is 13.0. The van der Waals surface area contributed by atoms with Crippen LogP contribution < -0.4 is 0 Å². The summed E-state index contributed by atoms with van der Waals surface area (Å²) in [6.07, 6.45) is 0.130. The maximum absolute atomic E-state index is 10.3. The first-order chi connectivity index (χ1) is 8.74. The highest BCUT2D eigenvalue weighted by Gasteiger charge is 2.15. The molecule has 1 N–H and O–H groups in total. The topological polar surface area (TPSA) is 33.1 Å². The Hall–Kier alpha value is -1.23. The minimum absolute atomic E-state index is 0.466. The third kappa shape index (κ3) is 2.19. The fourth-order valence-electron chi connectivity index (χ4n) is 2.03. The molecule has 1 aromatic carbocycles. The van der Waals surface area contributed by atoms with Crippen molar-refractivity contribution in [3.8, 4) is 0 Å². The molecule has 0 fully saturated rings. The number of fused-ring (bicyclic) bond motifs is 1. The van der Waals surface area contributed by atoms with Gasteiger partial charge in [0.05, 0.1) is 11.1 Å². The summed E-state index contributed by atoms with van der Waals surface area (Å²) in [5.41, 5.74) is 2.04. The number of aryl methyl sites for hydroxylation is 1. The molecule has 4 heteroatoms. The van der Waals surface area contributed by atoms with Crippen LogP contribution in [0.25, 0.3) is 10.1 Å². The van der Waals surface area contributed by atoms with Gasteiger partial charge in [-0.2, -0.15) is 0 Å². The summed E-state index contributed by atoms with van der Waals surface area (Å²) < 4.78 is 1.22. The first-order valence-electron chi connectivity index (χ1n) is 5.79. The van der Waals surface area contributed by atoms with Crippen molar-refractivity contribution < 1.29 is 5.11 Å². The predicted octanol–water partition coefficient (Wildman–Crippen LogP) is 3.94. The van der Waals surface area contributed by atoms with Crippen molar-refractivity contribution >= 4 is 32.8 Å². The minimum Gasteiger partial charge on any atom is -0.388 e. The smallest absolute Gasteiger partial charge is 0.0957 e. The van der Waals surface area contributed by atoms with Crippen molar-refractivity contribution in [1.29, 1.82) is 0 Å². The zero-order valence-corrected chi connectivity index (χ0v) is 11.6. The molecule has 92 valence electrons. The van der Waals surface area contributed by atoms with Crippen molar-refractivity contribution in [1.82, 2.24) is 4.98 Å². The molecule has 1 unspecified atom stereocenters. The van der Waals surface area contributed by atoms with Crippen LogP contribution in [-0.4, -0.2) is 10.1 Å². The quantitative estimate of drug-likeness (QED) is 0.785. The van der Waals surface area contributed by atoms with Crippen LogP contribution in [0.4, 0.5) is 0 Å². The number of benzene rings is 1. The number of rotatable bonds is 3. The fraction of sp³-hybridized carbons (Fsp3) is 0.214. The zero-order valence-electron chi connectivity index (χ0n) is 9.96. The van der Waals surface area contributed by atoms with Crippen LogP contribution in [0.2, 0.25) is 0 Å². The molecule has 0 amide bonds. The summed E-state index contributed by atoms with van der Waals surface area (Å²) in [7, 11) is 0. The predicted molar refractivity (Wildman–Crippen MR) is 77.3 cm³/mol. The zero-order chi connectivity index (χ0) is 12.5. The van der Waals surface area contributed by atoms with E-state index in [4.69, 9.17) is 0 Å². The number of aromatic nitrogens is 1. The molecular formula is C14H13NOS2. The van der Waals surface area contributed by atoms with Gasteiger partial charge in [-0.3, -0.25) is 0 Å². The van der Waals surface area contributed by atoms with E-state index < -0.39 is 6.10 Å². The number of nitrogens with zero attached hydrogens (tertiary/aromatic N) is 1. The van der Waals surface area contributed by atoms with Gasteiger partial charge in [-0.25, -0.2) is 4.98 Å². The van der Waals surface area contributed by atoms with E-state index in [9.17, 15) is 5.11 Å². The van der Waals surface area contributed by atoms with Gasteiger partial charge in [0.2, 0.25) is 0 Å². The number of thiazole rings is 1. The highest BCUT2D eigenvalue weighted by molar-refractivity contribution is 7.17. The standard InChI is InChI=1S/C14H13NOS2/c1-9-7-18-14(15-9)6-12(16)11-8-17-13-5-3-2-4-10(11)13/h2-5,7-8,12,16H,6H2,1H3. The van der Waals surface area contributed by atoms with Crippen molar-refractivity contribution in [3.63, 3.8) is 0 Å². The molecule has 0 radical (unpaired) electrons. The van der Waals surface area contributed by atoms with E-state index in [1.807, 2.05) is 24.4 Å². The summed E-state index contributed by atoms with van der Waals surface area (Å²) in [5, 5.41) is 16.6. The van der Waals surface area contributed by atoms with Gasteiger partial charge in [0.1, 0.15) is 0 Å². The largest absolute Gasteiger partial charge is 0.388 e. The Morgan fingerprint density at radius 3 is 2.83 bits per heavy atom. The van der Waals surface area contributed by atoms with Gasteiger partial charge in [0.25, 0.3) is 0 Å². The van der Waals surface area contributed by atoms with E-state index >= 15 is 0 Å². The number of aliphatic hydroxyl groups is 1. The summed E-state index contributed by atoms with van der Waals surface area (Å²) in [4.78, 5) is 4.40. The molecule has 0 saturated heterocycles. The second-order valence-corrected chi connectivity index (χ2v) is 6.14. The monoisotopic (exact) mass is 275 g/mol. The van der Waals surface area contributed by atoms with Crippen LogP contribution >= 0.6 is 22.7 Å². The Balaban J connectivity index is 1.90. The van der Waals surface area contributed by atoms with Crippen molar-refractivity contribution in [2.45, 2.75) is 19.4 Å². The van der Waals surface area contributed by atoms with E-state index in [0.29, 0.717) is 6.42 Å². The van der Waals surface area contributed by atoms with Gasteiger partial charge >= 0.3 is 0 Å². The van der Waals surface area contributed by atoms with Crippen molar-refractivity contribution in [3.05, 3.63) is 51.3 Å². The average Bonchev–Trinajstić information content (AvgIpc) is 2.95. The highest BCUT2D eigenvalue weighted by atomic mass is 32.1. The third-order valence-electron chi connectivity index (χ3n) is 2.90. The van der Waals surface area contributed by atoms with Crippen LogP contribution in [0, 0.1) is 6.92 Å². The molecule has 18 heavy (non-hydrogen) atoms. The summed E-state index contributed by atoms with van der Waals surface area (Å²) in [6, 6.07) is 8.19. The highest BCUT2D eigenvalue weighted by Crippen LogP contribution is 2.32. The van der Waals surface area contributed by atoms with Gasteiger partial charge < -0.3 is 5.11 Å². The molecule has 0 aliphatic carbocycles. The Morgan fingerprint density at radius 1 is 1.22 bits per heavy atom. The van der Waals surface area contributed by atoms with Gasteiger partial charge in [-0.05, 0) is 29.3 Å². The van der Waals surface area contributed by atoms with Crippen LogP contribution in [-0.2, 0) is 6.42 Å². The van der Waals surface area contributed by atoms with Crippen molar-refractivity contribution in [2.24, 2.45) is 0 Å². The lowest BCUT2D eigenvalue weighted by molar-refractivity contribution is 0.180. The summed E-state index contributed by atoms with van der Waals surface area (Å²) in [6.45, 7) is 1.98. The number of hydrogen-bond acceptors (Lipinski definition) is 4. The number of aliphatic hydroxyl groups excluding tert-OH is 1. The third-order valence-corrected chi connectivity index (χ3v) is 4.88. The Labute approximate surface area is 114 Å². The molecule has 0 aliphatic rings. The van der Waals surface area contributed by atoms with E-state index in [1.165, 1.54) is 4.70 Å². The molecule has 2 aromatic heterocycles. The minimum atomic E-state index is -0.466. The fourth-order valence-corrected chi connectivity index (χ4v) is 3.85. The molecule has 0 bridgehead atoms. The molecule has 2 nitrogen and oxygen atoms in total. The molecule has 2 heterocycles. The van der Waals surface area contributed by atoms with Crippen molar-refractivity contribution in [2.75, 3.05) is 0 Å². The maximum atomic E-state index is 10.3. The maximum Gasteiger partial charge on any atom is 0.0957 e. The van der Waals surface area contributed by atoms with Gasteiger partial charge in [0, 0.05) is 22.2 Å². The Morgan fingerprint density at radius 2 is 2.06 bits per heavy atom. The number of hydrogen-bond donors (Lipinski definition) is 1. The lowest BCUT2D eigenvalue weighted by Gasteiger charge is -2.07. The first kappa shape index (κ1) is 11.8. The Bertz CT molecular complexity index is 671. The summed E-state index contributed by atoms with van der Waals surface area (Å²) in [5.74, 6) is 0.